The number of hydrogen-bond donors (Lipinski definition) is 3. The molecule has 0 aliphatic heterocycles. The summed E-state index contributed by atoms with van der Waals surface area (Å²) in [7, 11) is 3.91. The second-order valence-corrected chi connectivity index (χ2v) is 6.19. The molecule has 0 aliphatic carbocycles. The molecule has 2 rings (SSSR count). The highest BCUT2D eigenvalue weighted by molar-refractivity contribution is 14.0. The van der Waals surface area contributed by atoms with E-state index in [0.29, 0.717) is 24.6 Å². The fourth-order valence-electron chi connectivity index (χ4n) is 1.92. The van der Waals surface area contributed by atoms with Gasteiger partial charge in [-0.25, -0.2) is 14.4 Å². The van der Waals surface area contributed by atoms with Crippen LogP contribution in [-0.4, -0.2) is 36.7 Å². The Labute approximate surface area is 168 Å². The highest BCUT2D eigenvalue weighted by Gasteiger charge is 2.05. The Balaban J connectivity index is 0.00000312. The van der Waals surface area contributed by atoms with Gasteiger partial charge in [0.25, 0.3) is 0 Å². The van der Waals surface area contributed by atoms with Crippen LogP contribution in [0.2, 0.25) is 0 Å². The third-order valence-electron chi connectivity index (χ3n) is 3.14. The van der Waals surface area contributed by atoms with E-state index < -0.39 is 5.82 Å². The molecular weight excluding hydrogens is 456 g/mol. The molecule has 1 heterocycles. The summed E-state index contributed by atoms with van der Waals surface area (Å²) in [6, 6.07) is 4.26. The van der Waals surface area contributed by atoms with Crippen LogP contribution >= 0.6 is 35.3 Å². The lowest BCUT2D eigenvalue weighted by atomic mass is 10.2. The maximum absolute atomic E-state index is 13.3. The van der Waals surface area contributed by atoms with Gasteiger partial charge in [0.15, 0.2) is 22.7 Å². The molecule has 2 aromatic rings. The molecule has 0 unspecified atom stereocenters. The van der Waals surface area contributed by atoms with Crippen LogP contribution in [0.25, 0.3) is 0 Å². The van der Waals surface area contributed by atoms with Gasteiger partial charge in [0.05, 0.1) is 18.8 Å². The molecule has 0 saturated carbocycles. The van der Waals surface area contributed by atoms with Crippen molar-refractivity contribution in [2.75, 3.05) is 25.5 Å². The minimum absolute atomic E-state index is 0. The topological polar surface area (TPSA) is 72.8 Å². The highest BCUT2D eigenvalue weighted by Crippen LogP contribution is 2.18. The standard InChI is InChI=1S/C16H22FN5OS.HI/c1-4-18-15(19-8-11-5-6-14(23)13(17)7-11)20-9-12-10-24-16(21-12)22(2)3;/h5-7,10,23H,4,8-9H2,1-3H3,(H2,18,19,20);1H. The van der Waals surface area contributed by atoms with E-state index in [1.165, 1.54) is 12.1 Å². The summed E-state index contributed by atoms with van der Waals surface area (Å²) in [6.07, 6.45) is 0. The molecule has 0 aliphatic rings. The lowest BCUT2D eigenvalue weighted by molar-refractivity contribution is 0.432. The van der Waals surface area contributed by atoms with Crippen molar-refractivity contribution in [3.8, 4) is 5.75 Å². The molecule has 0 radical (unpaired) electrons. The van der Waals surface area contributed by atoms with Gasteiger partial charge in [-0.3, -0.25) is 0 Å². The third-order valence-corrected chi connectivity index (χ3v) is 4.19. The molecule has 0 spiro atoms. The monoisotopic (exact) mass is 479 g/mol. The van der Waals surface area contributed by atoms with E-state index in [-0.39, 0.29) is 29.7 Å². The van der Waals surface area contributed by atoms with E-state index in [1.54, 1.807) is 17.4 Å². The number of anilines is 1. The third kappa shape index (κ3) is 6.65. The molecule has 25 heavy (non-hydrogen) atoms. The van der Waals surface area contributed by atoms with Gasteiger partial charge >= 0.3 is 0 Å². The summed E-state index contributed by atoms with van der Waals surface area (Å²) in [4.78, 5) is 10.9. The van der Waals surface area contributed by atoms with Crippen molar-refractivity contribution >= 4 is 46.4 Å². The zero-order chi connectivity index (χ0) is 17.5. The predicted octanol–water partition coefficient (Wildman–Crippen LogP) is 2.93. The van der Waals surface area contributed by atoms with Gasteiger partial charge in [0.1, 0.15) is 0 Å². The van der Waals surface area contributed by atoms with E-state index in [4.69, 9.17) is 0 Å². The molecule has 0 fully saturated rings. The molecule has 0 atom stereocenters. The van der Waals surface area contributed by atoms with E-state index in [2.05, 4.69) is 20.6 Å². The van der Waals surface area contributed by atoms with Crippen LogP contribution in [0.3, 0.4) is 0 Å². The van der Waals surface area contributed by atoms with Gasteiger partial charge in [-0.05, 0) is 24.6 Å². The number of halogens is 2. The summed E-state index contributed by atoms with van der Waals surface area (Å²) in [5.74, 6) is -0.363. The minimum Gasteiger partial charge on any atom is -0.505 e. The highest BCUT2D eigenvalue weighted by atomic mass is 127. The zero-order valence-electron chi connectivity index (χ0n) is 14.4. The predicted molar refractivity (Wildman–Crippen MR) is 112 cm³/mol. The molecule has 1 aromatic heterocycles. The van der Waals surface area contributed by atoms with Crippen molar-refractivity contribution in [3.05, 3.63) is 40.7 Å². The Morgan fingerprint density at radius 3 is 2.72 bits per heavy atom. The quantitative estimate of drug-likeness (QED) is 0.338. The molecule has 0 saturated heterocycles. The summed E-state index contributed by atoms with van der Waals surface area (Å²) in [5, 5.41) is 18.5. The summed E-state index contributed by atoms with van der Waals surface area (Å²) < 4.78 is 13.3. The average molecular weight is 479 g/mol. The Morgan fingerprint density at radius 2 is 2.12 bits per heavy atom. The number of nitrogens with zero attached hydrogens (tertiary/aromatic N) is 3. The largest absolute Gasteiger partial charge is 0.505 e. The molecule has 9 heteroatoms. The Morgan fingerprint density at radius 1 is 1.36 bits per heavy atom. The van der Waals surface area contributed by atoms with Gasteiger partial charge in [0, 0.05) is 26.0 Å². The normalized spacial score (nSPS) is 11.0. The van der Waals surface area contributed by atoms with Crippen molar-refractivity contribution < 1.29 is 9.50 Å². The lowest BCUT2D eigenvalue weighted by Gasteiger charge is -2.10. The molecule has 138 valence electrons. The number of aliphatic imine (C=N–C) groups is 1. The molecular formula is C16H23FIN5OS. The Bertz CT molecular complexity index is 708. The van der Waals surface area contributed by atoms with Crippen LogP contribution in [-0.2, 0) is 13.1 Å². The number of phenols is 1. The second-order valence-electron chi connectivity index (χ2n) is 5.35. The van der Waals surface area contributed by atoms with Crippen LogP contribution in [0.5, 0.6) is 5.75 Å². The fraction of sp³-hybridized carbons (Fsp3) is 0.375. The van der Waals surface area contributed by atoms with Crippen molar-refractivity contribution in [1.82, 2.24) is 15.6 Å². The molecule has 0 bridgehead atoms. The molecule has 0 amide bonds. The van der Waals surface area contributed by atoms with Gasteiger partial charge in [-0.15, -0.1) is 35.3 Å². The SMILES string of the molecule is CCNC(=NCc1ccc(O)c(F)c1)NCc1csc(N(C)C)n1.I. The number of thiazole rings is 1. The number of aromatic nitrogens is 1. The first-order valence-corrected chi connectivity index (χ1v) is 8.49. The second kappa shape index (κ2) is 10.4. The number of phenolic OH excluding ortho intramolecular Hbond substituents is 1. The maximum atomic E-state index is 13.3. The van der Waals surface area contributed by atoms with E-state index >= 15 is 0 Å². The van der Waals surface area contributed by atoms with Crippen LogP contribution in [0.15, 0.2) is 28.6 Å². The number of nitrogens with one attached hydrogen (secondary N) is 2. The number of rotatable bonds is 6. The van der Waals surface area contributed by atoms with Crippen molar-refractivity contribution in [2.45, 2.75) is 20.0 Å². The van der Waals surface area contributed by atoms with E-state index in [1.807, 2.05) is 31.3 Å². The Kier molecular flexibility index (Phi) is 8.90. The number of benzene rings is 1. The van der Waals surface area contributed by atoms with Gasteiger partial charge in [-0.1, -0.05) is 6.07 Å². The van der Waals surface area contributed by atoms with Crippen molar-refractivity contribution in [2.24, 2.45) is 4.99 Å². The number of guanidine groups is 1. The maximum Gasteiger partial charge on any atom is 0.191 e. The molecule has 6 nitrogen and oxygen atoms in total. The summed E-state index contributed by atoms with van der Waals surface area (Å²) in [6.45, 7) is 3.56. The van der Waals surface area contributed by atoms with Crippen LogP contribution in [0, 0.1) is 5.82 Å². The van der Waals surface area contributed by atoms with Gasteiger partial charge < -0.3 is 20.6 Å². The van der Waals surface area contributed by atoms with E-state index in [9.17, 15) is 9.50 Å². The van der Waals surface area contributed by atoms with Crippen LogP contribution in [0.4, 0.5) is 9.52 Å². The summed E-state index contributed by atoms with van der Waals surface area (Å²) >= 11 is 1.59. The number of aromatic hydroxyl groups is 1. The van der Waals surface area contributed by atoms with Gasteiger partial charge in [0.2, 0.25) is 0 Å². The van der Waals surface area contributed by atoms with E-state index in [0.717, 1.165) is 17.4 Å². The van der Waals surface area contributed by atoms with Crippen molar-refractivity contribution in [3.63, 3.8) is 0 Å². The first-order chi connectivity index (χ1) is 11.5. The van der Waals surface area contributed by atoms with Crippen molar-refractivity contribution in [1.29, 1.82) is 0 Å². The molecule has 1 aromatic carbocycles. The van der Waals surface area contributed by atoms with Gasteiger partial charge in [-0.2, -0.15) is 0 Å². The lowest BCUT2D eigenvalue weighted by Crippen LogP contribution is -2.36. The Hall–Kier alpha value is -1.62. The zero-order valence-corrected chi connectivity index (χ0v) is 17.6. The average Bonchev–Trinajstić information content (AvgIpc) is 3.02. The number of hydrogen-bond acceptors (Lipinski definition) is 5. The minimum atomic E-state index is -0.639. The van der Waals surface area contributed by atoms with Crippen LogP contribution < -0.4 is 15.5 Å². The summed E-state index contributed by atoms with van der Waals surface area (Å²) in [5.41, 5.74) is 1.62. The first kappa shape index (κ1) is 21.4. The molecule has 3 N–H and O–H groups in total. The first-order valence-electron chi connectivity index (χ1n) is 7.61. The van der Waals surface area contributed by atoms with Crippen LogP contribution in [0.1, 0.15) is 18.2 Å². The smallest absolute Gasteiger partial charge is 0.191 e. The fourth-order valence-corrected chi connectivity index (χ4v) is 2.68.